The molecule has 2 heterocycles. The number of likely N-dealkylation sites (tertiary alicyclic amines) is 1. The van der Waals surface area contributed by atoms with Crippen molar-refractivity contribution in [3.8, 4) is 0 Å². The van der Waals surface area contributed by atoms with Crippen molar-refractivity contribution in [2.24, 2.45) is 0 Å². The number of nitrogens with zero attached hydrogens (tertiary/aromatic N) is 2. The number of hydrogen-bond donors (Lipinski definition) is 0. The van der Waals surface area contributed by atoms with Crippen LogP contribution < -0.4 is 0 Å². The van der Waals surface area contributed by atoms with E-state index < -0.39 is 5.92 Å². The van der Waals surface area contributed by atoms with E-state index in [1.807, 2.05) is 4.90 Å². The van der Waals surface area contributed by atoms with Crippen molar-refractivity contribution in [2.45, 2.75) is 18.8 Å². The average Bonchev–Trinajstić information content (AvgIpc) is 2.27. The normalized spacial score (nSPS) is 28.1. The molecule has 0 aromatic rings. The predicted octanol–water partition coefficient (Wildman–Crippen LogP) is 1.05. The van der Waals surface area contributed by atoms with Gasteiger partial charge in [-0.3, -0.25) is 9.80 Å². The maximum Gasteiger partial charge on any atom is 0.260 e. The van der Waals surface area contributed by atoms with Gasteiger partial charge in [0.25, 0.3) is 5.92 Å². The summed E-state index contributed by atoms with van der Waals surface area (Å²) < 4.78 is 31.5. The molecule has 0 spiro atoms. The van der Waals surface area contributed by atoms with Crippen molar-refractivity contribution in [3.05, 3.63) is 0 Å². The Bertz CT molecular complexity index is 220. The molecule has 3 nitrogen and oxygen atoms in total. The molecule has 0 aliphatic carbocycles. The zero-order valence-corrected chi connectivity index (χ0v) is 9.63. The summed E-state index contributed by atoms with van der Waals surface area (Å²) in [6.07, 6.45) is 0.678. The minimum atomic E-state index is -2.47. The van der Waals surface area contributed by atoms with Crippen LogP contribution in [0.5, 0.6) is 0 Å². The Labute approximate surface area is 95.3 Å². The molecule has 0 aromatic carbocycles. The van der Waals surface area contributed by atoms with Gasteiger partial charge in [0.2, 0.25) is 0 Å². The quantitative estimate of drug-likeness (QED) is 0.726. The molecule has 16 heavy (non-hydrogen) atoms. The largest absolute Gasteiger partial charge is 0.379 e. The van der Waals surface area contributed by atoms with Crippen LogP contribution in [-0.2, 0) is 4.74 Å². The predicted molar refractivity (Wildman–Crippen MR) is 57.9 cm³/mol. The zero-order chi connectivity index (χ0) is 11.4. The van der Waals surface area contributed by atoms with Crippen molar-refractivity contribution < 1.29 is 13.5 Å². The Morgan fingerprint density at radius 3 is 2.38 bits per heavy atom. The van der Waals surface area contributed by atoms with Crippen LogP contribution in [-0.4, -0.2) is 68.2 Å². The second-order valence-corrected chi connectivity index (χ2v) is 4.69. The molecule has 0 unspecified atom stereocenters. The van der Waals surface area contributed by atoms with E-state index in [0.29, 0.717) is 6.42 Å². The molecule has 0 atom stereocenters. The minimum Gasteiger partial charge on any atom is -0.379 e. The highest BCUT2D eigenvalue weighted by Gasteiger charge is 2.34. The molecule has 2 saturated heterocycles. The number of rotatable bonds is 3. The lowest BCUT2D eigenvalue weighted by atomic mass is 10.1. The Morgan fingerprint density at radius 1 is 1.00 bits per heavy atom. The highest BCUT2D eigenvalue weighted by molar-refractivity contribution is 4.79. The maximum absolute atomic E-state index is 13.1. The number of halogens is 2. The molecule has 2 rings (SSSR count). The Hall–Kier alpha value is -0.260. The van der Waals surface area contributed by atoms with Crippen LogP contribution in [0, 0.1) is 0 Å². The van der Waals surface area contributed by atoms with Crippen LogP contribution in [0.4, 0.5) is 8.78 Å². The van der Waals surface area contributed by atoms with Gasteiger partial charge in [-0.2, -0.15) is 0 Å². The van der Waals surface area contributed by atoms with Gasteiger partial charge in [0.1, 0.15) is 0 Å². The van der Waals surface area contributed by atoms with Crippen molar-refractivity contribution >= 4 is 0 Å². The van der Waals surface area contributed by atoms with Gasteiger partial charge in [-0.25, -0.2) is 8.78 Å². The molecule has 2 aliphatic heterocycles. The van der Waals surface area contributed by atoms with Crippen LogP contribution in [0.15, 0.2) is 0 Å². The van der Waals surface area contributed by atoms with E-state index in [-0.39, 0.29) is 13.0 Å². The molecule has 94 valence electrons. The maximum atomic E-state index is 13.1. The van der Waals surface area contributed by atoms with Gasteiger partial charge in [-0.1, -0.05) is 0 Å². The van der Waals surface area contributed by atoms with E-state index in [9.17, 15) is 8.78 Å². The first-order valence-corrected chi connectivity index (χ1v) is 6.06. The van der Waals surface area contributed by atoms with E-state index in [0.717, 1.165) is 45.9 Å². The summed E-state index contributed by atoms with van der Waals surface area (Å²) in [6, 6.07) is 0. The average molecular weight is 234 g/mol. The minimum absolute atomic E-state index is 0.0566. The van der Waals surface area contributed by atoms with Gasteiger partial charge in [0, 0.05) is 32.6 Å². The SMILES string of the molecule is FC1(F)CCCN(CCN2CCOCC2)C1. The molecule has 0 saturated carbocycles. The fraction of sp³-hybridized carbons (Fsp3) is 1.00. The smallest absolute Gasteiger partial charge is 0.260 e. The molecule has 0 bridgehead atoms. The number of piperidine rings is 1. The molecule has 0 N–H and O–H groups in total. The van der Waals surface area contributed by atoms with E-state index in [4.69, 9.17) is 4.74 Å². The van der Waals surface area contributed by atoms with E-state index in [2.05, 4.69) is 4.90 Å². The number of ether oxygens (including phenoxy) is 1. The third kappa shape index (κ3) is 3.64. The zero-order valence-electron chi connectivity index (χ0n) is 9.63. The van der Waals surface area contributed by atoms with Crippen molar-refractivity contribution in [1.29, 1.82) is 0 Å². The van der Waals surface area contributed by atoms with E-state index >= 15 is 0 Å². The summed E-state index contributed by atoms with van der Waals surface area (Å²) in [7, 11) is 0. The van der Waals surface area contributed by atoms with Crippen LogP contribution in [0.2, 0.25) is 0 Å². The first-order chi connectivity index (χ1) is 7.66. The molecule has 2 fully saturated rings. The third-order valence-corrected chi connectivity index (χ3v) is 3.31. The van der Waals surface area contributed by atoms with Gasteiger partial charge in [0.15, 0.2) is 0 Å². The monoisotopic (exact) mass is 234 g/mol. The second-order valence-electron chi connectivity index (χ2n) is 4.69. The van der Waals surface area contributed by atoms with Crippen molar-refractivity contribution in [2.75, 3.05) is 52.5 Å². The first-order valence-electron chi connectivity index (χ1n) is 6.06. The highest BCUT2D eigenvalue weighted by Crippen LogP contribution is 2.26. The molecular formula is C11H20F2N2O. The van der Waals surface area contributed by atoms with Gasteiger partial charge < -0.3 is 4.74 Å². The summed E-state index contributed by atoms with van der Waals surface area (Å²) in [6.45, 7) is 5.83. The van der Waals surface area contributed by atoms with Crippen LogP contribution in [0.25, 0.3) is 0 Å². The molecule has 0 amide bonds. The molecular weight excluding hydrogens is 214 g/mol. The van der Waals surface area contributed by atoms with Gasteiger partial charge >= 0.3 is 0 Å². The highest BCUT2D eigenvalue weighted by atomic mass is 19.3. The molecule has 0 radical (unpaired) electrons. The summed E-state index contributed by atoms with van der Waals surface area (Å²) in [4.78, 5) is 4.18. The standard InChI is InChI=1S/C11H20F2N2O/c12-11(13)2-1-3-15(10-11)5-4-14-6-8-16-9-7-14/h1-10H2. The lowest BCUT2D eigenvalue weighted by molar-refractivity contribution is -0.0666. The fourth-order valence-corrected chi connectivity index (χ4v) is 2.35. The molecule has 0 aromatic heterocycles. The van der Waals surface area contributed by atoms with Crippen LogP contribution in [0.3, 0.4) is 0 Å². The summed E-state index contributed by atoms with van der Waals surface area (Å²) in [5.74, 6) is -2.47. The molecule has 5 heteroatoms. The number of alkyl halides is 2. The second kappa shape index (κ2) is 5.38. The summed E-state index contributed by atoms with van der Waals surface area (Å²) >= 11 is 0. The van der Waals surface area contributed by atoms with Gasteiger partial charge in [-0.05, 0) is 13.0 Å². The lowest BCUT2D eigenvalue weighted by Gasteiger charge is -2.34. The Balaban J connectivity index is 1.68. The van der Waals surface area contributed by atoms with Gasteiger partial charge in [0.05, 0.1) is 19.8 Å². The van der Waals surface area contributed by atoms with E-state index in [1.54, 1.807) is 0 Å². The van der Waals surface area contributed by atoms with Crippen LogP contribution >= 0.6 is 0 Å². The van der Waals surface area contributed by atoms with Gasteiger partial charge in [-0.15, -0.1) is 0 Å². The topological polar surface area (TPSA) is 15.7 Å². The number of morpholine rings is 1. The van der Waals surface area contributed by atoms with Crippen LogP contribution in [0.1, 0.15) is 12.8 Å². The van der Waals surface area contributed by atoms with Crippen molar-refractivity contribution in [3.63, 3.8) is 0 Å². The van der Waals surface area contributed by atoms with E-state index in [1.165, 1.54) is 0 Å². The Kier molecular flexibility index (Phi) is 4.10. The van der Waals surface area contributed by atoms with Crippen molar-refractivity contribution in [1.82, 2.24) is 9.80 Å². The first kappa shape index (κ1) is 12.2. The fourth-order valence-electron chi connectivity index (χ4n) is 2.35. The molecule has 2 aliphatic rings. The third-order valence-electron chi connectivity index (χ3n) is 3.31. The summed E-state index contributed by atoms with van der Waals surface area (Å²) in [5, 5.41) is 0. The number of hydrogen-bond acceptors (Lipinski definition) is 3. The Morgan fingerprint density at radius 2 is 1.69 bits per heavy atom. The lowest BCUT2D eigenvalue weighted by Crippen LogP contribution is -2.47. The summed E-state index contributed by atoms with van der Waals surface area (Å²) in [5.41, 5.74) is 0.